The maximum absolute atomic E-state index is 12.2. The Kier molecular flexibility index (Phi) is 8.22. The normalized spacial score (nSPS) is 11.2. The van der Waals surface area contributed by atoms with Crippen LogP contribution in [0.2, 0.25) is 0 Å². The molecule has 0 saturated heterocycles. The molecule has 0 N–H and O–H groups in total. The van der Waals surface area contributed by atoms with Crippen molar-refractivity contribution in [3.05, 3.63) is 24.3 Å². The van der Waals surface area contributed by atoms with E-state index in [1.54, 1.807) is 17.0 Å². The van der Waals surface area contributed by atoms with E-state index in [1.807, 2.05) is 26.0 Å². The monoisotopic (exact) mass is 369 g/mol. The van der Waals surface area contributed by atoms with Gasteiger partial charge in [-0.3, -0.25) is 9.10 Å². The molecule has 1 amide bonds. The second-order valence-electron chi connectivity index (χ2n) is 5.84. The van der Waals surface area contributed by atoms with Gasteiger partial charge in [0.05, 0.1) is 11.9 Å². The third-order valence-electron chi connectivity index (χ3n) is 4.31. The number of hydrogen-bond acceptors (Lipinski definition) is 4. The summed E-state index contributed by atoms with van der Waals surface area (Å²) in [5, 5.41) is 0. The Hall–Kier alpha value is -1.76. The predicted octanol–water partition coefficient (Wildman–Crippen LogP) is 2.56. The van der Waals surface area contributed by atoms with E-state index in [2.05, 4.69) is 18.7 Å². The number of carbonyl (C=O) groups is 1. The highest BCUT2D eigenvalue weighted by atomic mass is 32.2. The lowest BCUT2D eigenvalue weighted by atomic mass is 10.2. The van der Waals surface area contributed by atoms with Crippen molar-refractivity contribution < 1.29 is 13.2 Å². The fraction of sp³-hybridized carbons (Fsp3) is 0.611. The average Bonchev–Trinajstić information content (AvgIpc) is 2.57. The van der Waals surface area contributed by atoms with E-state index in [0.29, 0.717) is 18.8 Å². The summed E-state index contributed by atoms with van der Waals surface area (Å²) in [6.07, 6.45) is 1.35. The van der Waals surface area contributed by atoms with Crippen LogP contribution in [0.1, 0.15) is 34.1 Å². The van der Waals surface area contributed by atoms with E-state index < -0.39 is 10.0 Å². The van der Waals surface area contributed by atoms with Crippen molar-refractivity contribution in [2.75, 3.05) is 48.2 Å². The zero-order chi connectivity index (χ0) is 19.0. The average molecular weight is 370 g/mol. The number of amides is 1. The number of anilines is 2. The van der Waals surface area contributed by atoms with Crippen LogP contribution in [-0.4, -0.2) is 58.2 Å². The largest absolute Gasteiger partial charge is 0.372 e. The van der Waals surface area contributed by atoms with Gasteiger partial charge in [0, 0.05) is 44.8 Å². The lowest BCUT2D eigenvalue weighted by Crippen LogP contribution is -2.36. The lowest BCUT2D eigenvalue weighted by molar-refractivity contribution is -0.130. The van der Waals surface area contributed by atoms with Crippen molar-refractivity contribution >= 4 is 27.3 Å². The minimum atomic E-state index is -3.45. The molecular weight excluding hydrogens is 338 g/mol. The van der Waals surface area contributed by atoms with E-state index in [0.717, 1.165) is 18.8 Å². The molecule has 0 heterocycles. The summed E-state index contributed by atoms with van der Waals surface area (Å²) < 4.78 is 25.7. The molecule has 0 aliphatic rings. The second kappa shape index (κ2) is 9.65. The molecule has 0 bridgehead atoms. The molecule has 0 fully saturated rings. The molecule has 25 heavy (non-hydrogen) atoms. The van der Waals surface area contributed by atoms with Crippen LogP contribution >= 0.6 is 0 Å². The molecule has 0 unspecified atom stereocenters. The van der Waals surface area contributed by atoms with Crippen molar-refractivity contribution in [1.82, 2.24) is 4.90 Å². The maximum Gasteiger partial charge on any atom is 0.232 e. The quantitative estimate of drug-likeness (QED) is 0.636. The first-order valence-electron chi connectivity index (χ1n) is 8.88. The van der Waals surface area contributed by atoms with Crippen LogP contribution in [0, 0.1) is 0 Å². The standard InChI is InChI=1S/C18H31N3O3S/c1-6-19(7-2)16-10-12-17(13-11-16)21(25(5,23)24)15-14-18(22)20(8-3)9-4/h10-13H,6-9,14-15H2,1-5H3. The zero-order valence-electron chi connectivity index (χ0n) is 16.0. The molecule has 0 radical (unpaired) electrons. The van der Waals surface area contributed by atoms with Gasteiger partial charge in [-0.1, -0.05) is 0 Å². The van der Waals surface area contributed by atoms with E-state index in [4.69, 9.17) is 0 Å². The van der Waals surface area contributed by atoms with E-state index in [-0.39, 0.29) is 18.9 Å². The van der Waals surface area contributed by atoms with Gasteiger partial charge >= 0.3 is 0 Å². The van der Waals surface area contributed by atoms with Gasteiger partial charge in [0.15, 0.2) is 0 Å². The van der Waals surface area contributed by atoms with E-state index >= 15 is 0 Å². The molecule has 0 aliphatic carbocycles. The van der Waals surface area contributed by atoms with Crippen LogP contribution in [0.3, 0.4) is 0 Å². The second-order valence-corrected chi connectivity index (χ2v) is 7.75. The number of rotatable bonds is 10. The molecule has 1 aromatic rings. The van der Waals surface area contributed by atoms with Crippen LogP contribution in [0.25, 0.3) is 0 Å². The van der Waals surface area contributed by atoms with Gasteiger partial charge < -0.3 is 9.80 Å². The summed E-state index contributed by atoms with van der Waals surface area (Å²) >= 11 is 0. The molecule has 0 spiro atoms. The maximum atomic E-state index is 12.2. The first-order valence-corrected chi connectivity index (χ1v) is 10.7. The van der Waals surface area contributed by atoms with Gasteiger partial charge in [-0.25, -0.2) is 8.42 Å². The third-order valence-corrected chi connectivity index (χ3v) is 5.51. The van der Waals surface area contributed by atoms with Crippen LogP contribution in [0.5, 0.6) is 0 Å². The minimum absolute atomic E-state index is 0.0292. The Morgan fingerprint density at radius 3 is 1.76 bits per heavy atom. The Morgan fingerprint density at radius 2 is 1.36 bits per heavy atom. The Morgan fingerprint density at radius 1 is 0.880 bits per heavy atom. The molecule has 1 rings (SSSR count). The van der Waals surface area contributed by atoms with Crippen molar-refractivity contribution in [2.24, 2.45) is 0 Å². The van der Waals surface area contributed by atoms with Crippen molar-refractivity contribution in [3.63, 3.8) is 0 Å². The summed E-state index contributed by atoms with van der Waals surface area (Å²) in [5.41, 5.74) is 1.65. The predicted molar refractivity (Wildman–Crippen MR) is 105 cm³/mol. The molecule has 142 valence electrons. The van der Waals surface area contributed by atoms with E-state index in [9.17, 15) is 13.2 Å². The molecule has 0 saturated carbocycles. The summed E-state index contributed by atoms with van der Waals surface area (Å²) in [4.78, 5) is 16.1. The van der Waals surface area contributed by atoms with Crippen LogP contribution in [0.4, 0.5) is 11.4 Å². The van der Waals surface area contributed by atoms with Crippen LogP contribution in [0.15, 0.2) is 24.3 Å². The Balaban J connectivity index is 2.95. The molecule has 1 aromatic carbocycles. The highest BCUT2D eigenvalue weighted by molar-refractivity contribution is 7.92. The number of benzene rings is 1. The lowest BCUT2D eigenvalue weighted by Gasteiger charge is -2.26. The van der Waals surface area contributed by atoms with Gasteiger partial charge in [-0.2, -0.15) is 0 Å². The topological polar surface area (TPSA) is 60.9 Å². The highest BCUT2D eigenvalue weighted by Crippen LogP contribution is 2.23. The molecule has 6 nitrogen and oxygen atoms in total. The SMILES string of the molecule is CCN(CC)C(=O)CCN(c1ccc(N(CC)CC)cc1)S(C)(=O)=O. The van der Waals surface area contributed by atoms with Gasteiger partial charge in [-0.15, -0.1) is 0 Å². The number of sulfonamides is 1. The van der Waals surface area contributed by atoms with Crippen molar-refractivity contribution in [1.29, 1.82) is 0 Å². The summed E-state index contributed by atoms with van der Waals surface area (Å²) in [6, 6.07) is 7.45. The van der Waals surface area contributed by atoms with Gasteiger partial charge in [0.2, 0.25) is 15.9 Å². The van der Waals surface area contributed by atoms with Crippen molar-refractivity contribution in [2.45, 2.75) is 34.1 Å². The molecule has 0 atom stereocenters. The Labute approximate surface area is 152 Å². The third kappa shape index (κ3) is 5.92. The number of carbonyl (C=O) groups excluding carboxylic acids is 1. The van der Waals surface area contributed by atoms with Crippen LogP contribution in [-0.2, 0) is 14.8 Å². The van der Waals surface area contributed by atoms with Gasteiger partial charge in [-0.05, 0) is 52.0 Å². The smallest absolute Gasteiger partial charge is 0.232 e. The summed E-state index contributed by atoms with van der Waals surface area (Å²) in [7, 11) is -3.45. The first kappa shape index (κ1) is 21.3. The Bertz CT molecular complexity index is 636. The highest BCUT2D eigenvalue weighted by Gasteiger charge is 2.20. The van der Waals surface area contributed by atoms with Crippen LogP contribution < -0.4 is 9.21 Å². The fourth-order valence-electron chi connectivity index (χ4n) is 2.84. The number of nitrogens with zero attached hydrogens (tertiary/aromatic N) is 3. The minimum Gasteiger partial charge on any atom is -0.372 e. The van der Waals surface area contributed by atoms with Crippen molar-refractivity contribution in [3.8, 4) is 0 Å². The fourth-order valence-corrected chi connectivity index (χ4v) is 3.76. The van der Waals surface area contributed by atoms with Gasteiger partial charge in [0.25, 0.3) is 0 Å². The van der Waals surface area contributed by atoms with E-state index in [1.165, 1.54) is 10.6 Å². The molecule has 0 aromatic heterocycles. The van der Waals surface area contributed by atoms with Gasteiger partial charge in [0.1, 0.15) is 0 Å². The molecule has 7 heteroatoms. The molecular formula is C18H31N3O3S. The number of hydrogen-bond donors (Lipinski definition) is 0. The molecule has 0 aliphatic heterocycles. The summed E-state index contributed by atoms with van der Waals surface area (Å²) in [6.45, 7) is 11.2. The first-order chi connectivity index (χ1) is 11.8. The summed E-state index contributed by atoms with van der Waals surface area (Å²) in [5.74, 6) is -0.0292. The zero-order valence-corrected chi connectivity index (χ0v) is 16.8.